The molecule has 0 saturated carbocycles. The van der Waals surface area contributed by atoms with Gasteiger partial charge in [0.15, 0.2) is 11.6 Å². The molecule has 0 fully saturated rings. The molecule has 0 atom stereocenters. The highest BCUT2D eigenvalue weighted by molar-refractivity contribution is 5.97. The van der Waals surface area contributed by atoms with E-state index in [4.69, 9.17) is 30.6 Å². The Labute approximate surface area is 255 Å². The minimum absolute atomic E-state index is 0.272. The molecular formula is C34H27F3N6O2. The summed E-state index contributed by atoms with van der Waals surface area (Å²) < 4.78 is 31.7. The van der Waals surface area contributed by atoms with Crippen LogP contribution < -0.4 is 5.73 Å². The summed E-state index contributed by atoms with van der Waals surface area (Å²) in [5.74, 6) is -0.980. The van der Waals surface area contributed by atoms with Crippen molar-refractivity contribution in [3.63, 3.8) is 0 Å². The maximum absolute atomic E-state index is 10.6. The number of H-pyrrole nitrogens is 1. The lowest BCUT2D eigenvalue weighted by molar-refractivity contribution is -0.192. The monoisotopic (exact) mass is 608 g/mol. The Morgan fingerprint density at radius 2 is 1.51 bits per heavy atom. The minimum Gasteiger partial charge on any atom is -0.475 e. The van der Waals surface area contributed by atoms with E-state index in [1.54, 1.807) is 6.20 Å². The molecule has 11 heteroatoms. The van der Waals surface area contributed by atoms with Crippen molar-refractivity contribution in [2.45, 2.75) is 31.5 Å². The smallest absolute Gasteiger partial charge is 0.475 e. The summed E-state index contributed by atoms with van der Waals surface area (Å²) in [6, 6.07) is 31.4. The van der Waals surface area contributed by atoms with Crippen LogP contribution in [-0.2, 0) is 24.2 Å². The molecule has 6 aromatic rings. The molecule has 3 heterocycles. The molecule has 1 aliphatic rings. The van der Waals surface area contributed by atoms with Crippen LogP contribution in [0.4, 0.5) is 13.2 Å². The zero-order valence-electron chi connectivity index (χ0n) is 23.8. The van der Waals surface area contributed by atoms with Crippen LogP contribution in [0.3, 0.4) is 0 Å². The molecule has 7 rings (SSSR count). The van der Waals surface area contributed by atoms with E-state index < -0.39 is 12.1 Å². The van der Waals surface area contributed by atoms with E-state index in [-0.39, 0.29) is 5.92 Å². The molecule has 8 nitrogen and oxygen atoms in total. The fourth-order valence-corrected chi connectivity index (χ4v) is 5.45. The van der Waals surface area contributed by atoms with Gasteiger partial charge in [0.25, 0.3) is 0 Å². The SMILES string of the molecule is NCc1ccc(-c2nc3ccnc(-c4nc(C5Cc6ccccc6C5)n[nH]4)c3cc2-c2ccccc2)cc1.O=C(O)C(F)(F)F. The number of hydrogen-bond acceptors (Lipinski definition) is 6. The highest BCUT2D eigenvalue weighted by Gasteiger charge is 2.38. The van der Waals surface area contributed by atoms with Crippen molar-refractivity contribution in [1.82, 2.24) is 25.1 Å². The van der Waals surface area contributed by atoms with E-state index in [0.717, 1.165) is 63.2 Å². The van der Waals surface area contributed by atoms with Crippen molar-refractivity contribution in [3.05, 3.63) is 120 Å². The van der Waals surface area contributed by atoms with Gasteiger partial charge in [-0.1, -0.05) is 78.9 Å². The fourth-order valence-electron chi connectivity index (χ4n) is 5.45. The van der Waals surface area contributed by atoms with Gasteiger partial charge in [0.05, 0.1) is 11.2 Å². The molecule has 0 amide bonds. The van der Waals surface area contributed by atoms with Crippen LogP contribution in [0.15, 0.2) is 97.2 Å². The van der Waals surface area contributed by atoms with Crippen LogP contribution in [0.25, 0.3) is 44.8 Å². The molecule has 0 unspecified atom stereocenters. The van der Waals surface area contributed by atoms with Crippen LogP contribution in [0, 0.1) is 0 Å². The number of nitrogens with zero attached hydrogens (tertiary/aromatic N) is 4. The average Bonchev–Trinajstić information content (AvgIpc) is 3.72. The zero-order valence-corrected chi connectivity index (χ0v) is 23.8. The van der Waals surface area contributed by atoms with Gasteiger partial charge < -0.3 is 10.8 Å². The molecule has 0 spiro atoms. The van der Waals surface area contributed by atoms with Crippen molar-refractivity contribution in [1.29, 1.82) is 0 Å². The number of rotatable bonds is 5. The van der Waals surface area contributed by atoms with Gasteiger partial charge in [-0.2, -0.15) is 18.3 Å². The van der Waals surface area contributed by atoms with Crippen LogP contribution >= 0.6 is 0 Å². The van der Waals surface area contributed by atoms with E-state index >= 15 is 0 Å². The summed E-state index contributed by atoms with van der Waals surface area (Å²) in [4.78, 5) is 23.7. The third kappa shape index (κ3) is 6.29. The van der Waals surface area contributed by atoms with Crippen molar-refractivity contribution >= 4 is 16.9 Å². The molecule has 45 heavy (non-hydrogen) atoms. The Morgan fingerprint density at radius 3 is 2.13 bits per heavy atom. The number of halogens is 3. The molecule has 0 saturated heterocycles. The number of nitrogens with two attached hydrogens (primary N) is 1. The molecule has 0 aliphatic heterocycles. The third-order valence-electron chi connectivity index (χ3n) is 7.68. The summed E-state index contributed by atoms with van der Waals surface area (Å²) in [7, 11) is 0. The number of carboxylic acids is 1. The molecule has 3 aromatic heterocycles. The van der Waals surface area contributed by atoms with Crippen LogP contribution in [0.1, 0.15) is 28.4 Å². The number of hydrogen-bond donors (Lipinski definition) is 3. The maximum atomic E-state index is 10.6. The van der Waals surface area contributed by atoms with Gasteiger partial charge in [-0.25, -0.2) is 14.8 Å². The maximum Gasteiger partial charge on any atom is 0.490 e. The first-order valence-corrected chi connectivity index (χ1v) is 14.2. The van der Waals surface area contributed by atoms with E-state index in [1.165, 1.54) is 11.1 Å². The molecule has 0 radical (unpaired) electrons. The normalized spacial score (nSPS) is 12.9. The van der Waals surface area contributed by atoms with Gasteiger partial charge in [-0.3, -0.25) is 10.1 Å². The first-order chi connectivity index (χ1) is 21.7. The van der Waals surface area contributed by atoms with Gasteiger partial charge in [-0.05, 0) is 47.2 Å². The molecule has 3 aromatic carbocycles. The van der Waals surface area contributed by atoms with Crippen molar-refractivity contribution < 1.29 is 23.1 Å². The van der Waals surface area contributed by atoms with Gasteiger partial charge >= 0.3 is 12.1 Å². The topological polar surface area (TPSA) is 131 Å². The Balaban J connectivity index is 0.000000460. The number of aromatic amines is 1. The quantitative estimate of drug-likeness (QED) is 0.198. The van der Waals surface area contributed by atoms with Gasteiger partial charge in [-0.15, -0.1) is 0 Å². The summed E-state index contributed by atoms with van der Waals surface area (Å²) in [5, 5.41) is 15.9. The number of aromatic nitrogens is 5. The first-order valence-electron chi connectivity index (χ1n) is 14.2. The van der Waals surface area contributed by atoms with Crippen molar-refractivity contribution in [2.75, 3.05) is 0 Å². The Hall–Kier alpha value is -5.42. The number of alkyl halides is 3. The lowest BCUT2D eigenvalue weighted by atomic mass is 9.96. The highest BCUT2D eigenvalue weighted by atomic mass is 19.4. The van der Waals surface area contributed by atoms with Crippen LogP contribution in [0.5, 0.6) is 0 Å². The lowest BCUT2D eigenvalue weighted by Gasteiger charge is -2.13. The second-order valence-electron chi connectivity index (χ2n) is 10.6. The predicted molar refractivity (Wildman–Crippen MR) is 164 cm³/mol. The fraction of sp³-hybridized carbons (Fsp3) is 0.147. The van der Waals surface area contributed by atoms with E-state index in [1.807, 2.05) is 24.3 Å². The number of nitrogens with one attached hydrogen (secondary N) is 1. The van der Waals surface area contributed by atoms with Crippen LogP contribution in [0.2, 0.25) is 0 Å². The van der Waals surface area contributed by atoms with Gasteiger partial charge in [0.1, 0.15) is 5.69 Å². The lowest BCUT2D eigenvalue weighted by Crippen LogP contribution is -2.21. The highest BCUT2D eigenvalue weighted by Crippen LogP contribution is 2.37. The predicted octanol–water partition coefficient (Wildman–Crippen LogP) is 6.72. The van der Waals surface area contributed by atoms with E-state index in [9.17, 15) is 13.2 Å². The number of pyridine rings is 2. The Bertz CT molecular complexity index is 1950. The first kappa shape index (κ1) is 29.6. The van der Waals surface area contributed by atoms with E-state index in [2.05, 4.69) is 76.9 Å². The molecule has 4 N–H and O–H groups in total. The van der Waals surface area contributed by atoms with Gasteiger partial charge in [0, 0.05) is 35.2 Å². The van der Waals surface area contributed by atoms with Crippen molar-refractivity contribution in [3.8, 4) is 33.9 Å². The van der Waals surface area contributed by atoms with Crippen molar-refractivity contribution in [2.24, 2.45) is 5.73 Å². The second-order valence-corrected chi connectivity index (χ2v) is 10.6. The number of carboxylic acid groups (broad SMARTS) is 1. The minimum atomic E-state index is -5.08. The standard InChI is InChI=1S/C32H26N6.C2HF3O2/c33-19-20-10-12-22(13-11-20)29-26(21-6-2-1-3-7-21)18-27-28(35-29)14-15-34-30(27)32-36-31(37-38-32)25-16-23-8-4-5-9-24(23)17-25;3-2(4,5)1(6)7/h1-15,18,25H,16-17,19,33H2,(H,36,37,38);(H,6,7). The summed E-state index contributed by atoms with van der Waals surface area (Å²) >= 11 is 0. The van der Waals surface area contributed by atoms with Gasteiger partial charge in [0.2, 0.25) is 0 Å². The summed E-state index contributed by atoms with van der Waals surface area (Å²) in [6.07, 6.45) is -1.37. The Kier molecular flexibility index (Phi) is 8.10. The summed E-state index contributed by atoms with van der Waals surface area (Å²) in [6.45, 7) is 0.512. The molecule has 226 valence electrons. The molecular weight excluding hydrogens is 581 g/mol. The third-order valence-corrected chi connectivity index (χ3v) is 7.68. The number of aliphatic carboxylic acids is 1. The zero-order chi connectivity index (χ0) is 31.6. The second kappa shape index (κ2) is 12.3. The largest absolute Gasteiger partial charge is 0.490 e. The molecule has 1 aliphatic carbocycles. The Morgan fingerprint density at radius 1 is 0.867 bits per heavy atom. The number of fused-ring (bicyclic) bond motifs is 2. The number of benzene rings is 3. The average molecular weight is 609 g/mol. The summed E-state index contributed by atoms with van der Waals surface area (Å²) in [5.41, 5.74) is 15.4. The van der Waals surface area contributed by atoms with E-state index in [0.29, 0.717) is 12.4 Å². The number of carbonyl (C=O) groups is 1. The van der Waals surface area contributed by atoms with Crippen LogP contribution in [-0.4, -0.2) is 42.4 Å². The molecule has 0 bridgehead atoms.